The molecule has 0 aromatic heterocycles. The third kappa shape index (κ3) is 25.9. The summed E-state index contributed by atoms with van der Waals surface area (Å²) < 4.78 is 0. The van der Waals surface area contributed by atoms with Gasteiger partial charge in [0.05, 0.1) is 31.7 Å². The third-order valence-corrected chi connectivity index (χ3v) is 15.5. The smallest absolute Gasteiger partial charge is 0.338 e. The molecule has 0 bridgehead atoms. The Morgan fingerprint density at radius 3 is 1.66 bits per heavy atom. The number of guanidine groups is 2. The van der Waals surface area contributed by atoms with Crippen LogP contribution in [-0.2, 0) is 64.0 Å². The molecule has 0 saturated carbocycles. The number of nitrogens with one attached hydrogen (secondary N) is 11. The molecule has 10 amide bonds. The van der Waals surface area contributed by atoms with Crippen LogP contribution in [0.15, 0.2) is 59.9 Å². The van der Waals surface area contributed by atoms with Gasteiger partial charge in [-0.1, -0.05) is 26.0 Å². The SMILES string of the molecule is CSCC[C@@H]1NC(=O)[C@H]([C@@H](C)O)NC(=O)[C@H](CC(=O)O)NC(=O)[C@H]2CCCN2C(=O)[C@H](Cc2ccc(O)cc2)NC(=O)[C@H](CCC[NH+]=C(N)N)NC(=O)[C@@H](CCC[NH+]=C(N)N)NC(=O)[C@@H](CCC(=O)O)NC(=O)[C@H](CC(C)C)NC(=O)[C@H](/C=C2\C=CC(O)=C[CH-]2)NC1=O. The summed E-state index contributed by atoms with van der Waals surface area (Å²) in [4.78, 5) is 177. The average molecular weight is 1330 g/mol. The van der Waals surface area contributed by atoms with Crippen LogP contribution in [0.1, 0.15) is 97.0 Å². The van der Waals surface area contributed by atoms with Gasteiger partial charge in [-0.25, -0.2) is 0 Å². The van der Waals surface area contributed by atoms with Crippen molar-refractivity contribution in [2.24, 2.45) is 28.9 Å². The van der Waals surface area contributed by atoms with E-state index in [9.17, 15) is 83.1 Å². The molecule has 33 nitrogen and oxygen atoms in total. The lowest BCUT2D eigenvalue weighted by molar-refractivity contribution is -0.460. The number of allylic oxidation sites excluding steroid dienone is 4. The number of aromatic hydroxyl groups is 1. The Labute approximate surface area is 541 Å². The van der Waals surface area contributed by atoms with Gasteiger partial charge in [-0.3, -0.25) is 90.5 Å². The molecule has 1 aromatic rings. The number of hydrogen-bond donors (Lipinski definition) is 20. The van der Waals surface area contributed by atoms with Crippen molar-refractivity contribution in [3.63, 3.8) is 0 Å². The number of phenols is 1. The highest BCUT2D eigenvalue weighted by Crippen LogP contribution is 2.22. The zero-order valence-electron chi connectivity index (χ0n) is 52.2. The number of aliphatic hydroxyl groups is 2. The zero-order valence-corrected chi connectivity index (χ0v) is 53.1. The van der Waals surface area contributed by atoms with Crippen LogP contribution in [0.4, 0.5) is 0 Å². The van der Waals surface area contributed by atoms with Crippen LogP contribution in [0.5, 0.6) is 5.75 Å². The van der Waals surface area contributed by atoms with E-state index in [1.54, 1.807) is 20.1 Å². The number of nitrogens with zero attached hydrogens (tertiary/aromatic N) is 1. The highest BCUT2D eigenvalue weighted by atomic mass is 32.2. The van der Waals surface area contributed by atoms with E-state index in [1.807, 2.05) is 0 Å². The van der Waals surface area contributed by atoms with E-state index in [0.29, 0.717) is 5.56 Å². The molecule has 2 fully saturated rings. The van der Waals surface area contributed by atoms with Crippen LogP contribution >= 0.6 is 11.8 Å². The molecule has 11 atom stereocenters. The lowest BCUT2D eigenvalue weighted by Gasteiger charge is -2.31. The summed E-state index contributed by atoms with van der Waals surface area (Å²) in [7, 11) is 0. The number of aliphatic hydroxyl groups excluding tert-OH is 2. The molecule has 0 spiro atoms. The molecule has 34 heteroatoms. The summed E-state index contributed by atoms with van der Waals surface area (Å²) in [6.45, 7) is 4.48. The molecule has 0 radical (unpaired) electrons. The summed E-state index contributed by atoms with van der Waals surface area (Å²) in [5.74, 6) is -14.3. The average Bonchev–Trinajstić information content (AvgIpc) is 1.82. The van der Waals surface area contributed by atoms with Crippen LogP contribution in [0.2, 0.25) is 0 Å². The van der Waals surface area contributed by atoms with Crippen molar-refractivity contribution in [3.8, 4) is 5.75 Å². The number of carbonyl (C=O) groups is 12. The molecule has 0 unspecified atom stereocenters. The van der Waals surface area contributed by atoms with E-state index in [2.05, 4.69) is 57.8 Å². The summed E-state index contributed by atoms with van der Waals surface area (Å²) in [5, 5.41) is 73.7. The van der Waals surface area contributed by atoms with Gasteiger partial charge in [0.15, 0.2) is 0 Å². The van der Waals surface area contributed by atoms with Crippen molar-refractivity contribution in [1.29, 1.82) is 0 Å². The minimum Gasteiger partial charge on any atom is -0.551 e. The number of hydrogen-bond acceptors (Lipinski definition) is 16. The summed E-state index contributed by atoms with van der Waals surface area (Å²) >= 11 is 1.25. The molecule has 24 N–H and O–H groups in total. The standard InChI is InChI=1S/C59H87N16O17S/c1-30(2)26-40-52(87)68-38(19-20-45(79)80)50(85)67-36(8-5-22-64-58(60)61)48(83)66-37(9-6-23-65-59(62)63)49(84)73-43(28-33-13-17-35(78)18-14-33)57(92)75-24-7-10-44(75)55(90)72-42(29-46(81)82)54(89)74-47(31(3)76)56(91)69-39(21-25-93-4)51(86)71-41(53(88)70-40)27-32-11-15-34(77)16-12-32/h11-18,27,30-31,36-44,47,76-78H,5-10,19-26,28-29H2,1-4H3,(H,66,83)(H,67,85)(H,68,87)(H,69,91)(H,70,88)(H,71,86)(H,72,90)(H,73,84)(H,74,89)(H,79,80)(H,81,82)(H4,60,61,64)(H4,62,63,65)/q-1/p+2/t31-,36-,37+,38-,39+,40+,41+,42+,43+,44-,47+/m1/s1. The highest BCUT2D eigenvalue weighted by molar-refractivity contribution is 7.98. The minimum absolute atomic E-state index is 0.0382. The van der Waals surface area contributed by atoms with Gasteiger partial charge in [0.1, 0.15) is 60.1 Å². The van der Waals surface area contributed by atoms with Gasteiger partial charge < -0.3 is 78.3 Å². The van der Waals surface area contributed by atoms with Gasteiger partial charge in [0.25, 0.3) is 0 Å². The number of phenolic OH excluding ortho intramolecular Hbond substituents is 1. The molecule has 2 heterocycles. The second kappa shape index (κ2) is 37.7. The fraction of sp³-hybridized carbons (Fsp3) is 0.542. The van der Waals surface area contributed by atoms with E-state index >= 15 is 0 Å². The van der Waals surface area contributed by atoms with E-state index < -0.39 is 157 Å². The van der Waals surface area contributed by atoms with Gasteiger partial charge in [-0.15, -0.1) is 30.7 Å². The molecule has 1 aliphatic carbocycles. The Morgan fingerprint density at radius 2 is 1.14 bits per heavy atom. The number of carboxylic acids is 2. The van der Waals surface area contributed by atoms with Crippen LogP contribution in [0, 0.1) is 12.3 Å². The molecule has 3 aliphatic rings. The number of thioether (sulfide) groups is 1. The monoisotopic (exact) mass is 1330 g/mol. The van der Waals surface area contributed by atoms with Crippen molar-refractivity contribution in [2.75, 3.05) is 31.6 Å². The number of carbonyl (C=O) groups excluding carboxylic acids is 10. The predicted octanol–water partition coefficient (Wildman–Crippen LogP) is -7.77. The van der Waals surface area contributed by atoms with E-state index in [-0.39, 0.29) is 118 Å². The van der Waals surface area contributed by atoms with E-state index in [0.717, 1.165) is 11.8 Å². The number of amides is 10. The largest absolute Gasteiger partial charge is 0.551 e. The maximum Gasteiger partial charge on any atom is 0.338 e. The second-order valence-electron chi connectivity index (χ2n) is 22.9. The molecule has 512 valence electrons. The number of fused-ring (bicyclic) bond motifs is 1. The van der Waals surface area contributed by atoms with Gasteiger partial charge in [0, 0.05) is 25.1 Å². The van der Waals surface area contributed by atoms with Crippen LogP contribution in [-0.4, -0.2) is 212 Å². The first-order chi connectivity index (χ1) is 44.0. The first-order valence-electron chi connectivity index (χ1n) is 30.3. The Bertz CT molecular complexity index is 3000. The van der Waals surface area contributed by atoms with E-state index in [4.69, 9.17) is 22.9 Å². The van der Waals surface area contributed by atoms with Gasteiger partial charge in [-0.2, -0.15) is 17.3 Å². The normalized spacial score (nSPS) is 25.2. The molecule has 2 aliphatic heterocycles. The number of nitrogens with two attached hydrogens (primary N) is 4. The van der Waals surface area contributed by atoms with Crippen molar-refractivity contribution in [1.82, 2.24) is 52.8 Å². The first-order valence-corrected chi connectivity index (χ1v) is 31.7. The highest BCUT2D eigenvalue weighted by Gasteiger charge is 2.42. The maximum atomic E-state index is 15.0. The summed E-state index contributed by atoms with van der Waals surface area (Å²) in [5.41, 5.74) is 23.2. The Hall–Kier alpha value is -9.60. The topological polar surface area (TPSA) is 550 Å². The quantitative estimate of drug-likeness (QED) is 0.0222. The molecule has 4 rings (SSSR count). The van der Waals surface area contributed by atoms with Crippen molar-refractivity contribution >= 4 is 94.7 Å². The predicted molar refractivity (Wildman–Crippen MR) is 336 cm³/mol. The minimum atomic E-state index is -1.97. The third-order valence-electron chi connectivity index (χ3n) is 14.9. The van der Waals surface area contributed by atoms with Crippen LogP contribution in [0.3, 0.4) is 0 Å². The van der Waals surface area contributed by atoms with Crippen molar-refractivity contribution in [3.05, 3.63) is 71.9 Å². The lowest BCUT2D eigenvalue weighted by atomic mass is 10.00. The number of carboxylic acid groups (broad SMARTS) is 2. The van der Waals surface area contributed by atoms with Crippen LogP contribution < -0.4 is 80.8 Å². The molecule has 1 aromatic carbocycles. The fourth-order valence-corrected chi connectivity index (χ4v) is 10.5. The Kier molecular flexibility index (Phi) is 30.7. The van der Waals surface area contributed by atoms with E-state index in [1.165, 1.54) is 66.8 Å². The number of aliphatic carboxylic acids is 2. The van der Waals surface area contributed by atoms with Gasteiger partial charge in [-0.05, 0) is 100 Å². The zero-order chi connectivity index (χ0) is 69.1. The Balaban J connectivity index is 1.95. The summed E-state index contributed by atoms with van der Waals surface area (Å²) in [6.07, 6.45) is 3.45. The molecular weight excluding hydrogens is 1240 g/mol. The van der Waals surface area contributed by atoms with Gasteiger partial charge in [0.2, 0.25) is 59.1 Å². The lowest BCUT2D eigenvalue weighted by Crippen LogP contribution is -2.78. The molecule has 2 saturated heterocycles. The molecule has 93 heavy (non-hydrogen) atoms. The number of benzene rings is 1. The fourth-order valence-electron chi connectivity index (χ4n) is 10.1. The van der Waals surface area contributed by atoms with Crippen molar-refractivity contribution < 1.29 is 93.1 Å². The van der Waals surface area contributed by atoms with Crippen LogP contribution in [0.25, 0.3) is 0 Å². The number of rotatable bonds is 22. The second-order valence-corrected chi connectivity index (χ2v) is 23.9. The maximum absolute atomic E-state index is 15.0. The Morgan fingerprint density at radius 1 is 0.634 bits per heavy atom. The first kappa shape index (κ1) is 75.9. The molecular formula is C59H89N16O17S+. The van der Waals surface area contributed by atoms with Crippen molar-refractivity contribution in [2.45, 2.75) is 164 Å². The summed E-state index contributed by atoms with van der Waals surface area (Å²) in [6, 6.07) is -11.0. The van der Waals surface area contributed by atoms with Gasteiger partial charge >= 0.3 is 23.9 Å².